The highest BCUT2D eigenvalue weighted by molar-refractivity contribution is 5.76. The number of halogens is 3. The lowest BCUT2D eigenvalue weighted by molar-refractivity contribution is -0.121. The number of nitrogens with two attached hydrogens (primary N) is 1. The van der Waals surface area contributed by atoms with E-state index < -0.39 is 24.2 Å². The number of aliphatic hydroxyl groups excluding tert-OH is 1. The number of benzene rings is 1. The number of amides is 1. The Kier molecular flexibility index (Phi) is 34.8. The van der Waals surface area contributed by atoms with Crippen LogP contribution in [0.15, 0.2) is 18.2 Å². The zero-order valence-electron chi connectivity index (χ0n) is 17.0. The van der Waals surface area contributed by atoms with Crippen molar-refractivity contribution in [2.24, 2.45) is 5.73 Å². The van der Waals surface area contributed by atoms with Gasteiger partial charge in [0.15, 0.2) is 6.67 Å². The molecule has 0 aromatic heterocycles. The molecule has 4 N–H and O–H groups in total. The molecule has 1 aromatic rings. The summed E-state index contributed by atoms with van der Waals surface area (Å²) in [5.74, 6) is -1.61. The first-order chi connectivity index (χ1) is 12.4. The van der Waals surface area contributed by atoms with Crippen LogP contribution in [0.4, 0.5) is 13.2 Å². The quantitative estimate of drug-likeness (QED) is 0.670. The monoisotopic (exact) mass is 382 g/mol. The second kappa shape index (κ2) is 28.2. The number of unbranched alkanes of at least 4 members (excludes halogenated alkanes) is 1. The number of aryl methyl sites for hydroxylation is 1. The summed E-state index contributed by atoms with van der Waals surface area (Å²) in [7, 11) is 1.00. The zero-order valence-corrected chi connectivity index (χ0v) is 17.0. The minimum atomic E-state index is -0.940. The molecule has 0 aliphatic rings. The van der Waals surface area contributed by atoms with Gasteiger partial charge in [0.25, 0.3) is 5.91 Å². The molecular formula is C19H37F3N2O2. The normalized spacial score (nSPS) is 8.12. The maximum absolute atomic E-state index is 12.2. The molecule has 0 bridgehead atoms. The lowest BCUT2D eigenvalue weighted by atomic mass is 10.2. The molecule has 0 saturated carbocycles. The molecule has 0 radical (unpaired) electrons. The van der Waals surface area contributed by atoms with Gasteiger partial charge in [0, 0.05) is 19.7 Å². The first kappa shape index (κ1) is 32.1. The Morgan fingerprint density at radius 3 is 1.77 bits per heavy atom. The fourth-order valence-electron chi connectivity index (χ4n) is 1.07. The molecule has 7 heteroatoms. The number of nitrogens with one attached hydrogen (secondary N) is 1. The summed E-state index contributed by atoms with van der Waals surface area (Å²) < 4.78 is 35.7. The summed E-state index contributed by atoms with van der Waals surface area (Å²) >= 11 is 0. The number of alkyl halides is 1. The fourth-order valence-corrected chi connectivity index (χ4v) is 1.07. The number of carbonyl (C=O) groups is 1. The molecule has 0 aliphatic heterocycles. The number of hydrogen-bond acceptors (Lipinski definition) is 3. The van der Waals surface area contributed by atoms with Gasteiger partial charge in [-0.15, -0.1) is 0 Å². The van der Waals surface area contributed by atoms with E-state index in [0.29, 0.717) is 25.1 Å². The van der Waals surface area contributed by atoms with Crippen LogP contribution in [0.1, 0.15) is 52.5 Å². The van der Waals surface area contributed by atoms with Gasteiger partial charge >= 0.3 is 0 Å². The van der Waals surface area contributed by atoms with E-state index in [9.17, 15) is 18.0 Å². The molecule has 26 heavy (non-hydrogen) atoms. The van der Waals surface area contributed by atoms with Crippen molar-refractivity contribution in [1.29, 1.82) is 0 Å². The Morgan fingerprint density at radius 1 is 1.08 bits per heavy atom. The Morgan fingerprint density at radius 2 is 1.50 bits per heavy atom. The van der Waals surface area contributed by atoms with Gasteiger partial charge in [-0.25, -0.2) is 13.2 Å². The van der Waals surface area contributed by atoms with E-state index >= 15 is 0 Å². The Balaban J connectivity index is -0.000000134. The maximum atomic E-state index is 12.2. The third-order valence-electron chi connectivity index (χ3n) is 2.33. The molecule has 0 atom stereocenters. The molecule has 1 amide bonds. The number of carbonyl (C=O) groups excluding carboxylic acids is 1. The lowest BCUT2D eigenvalue weighted by Crippen LogP contribution is -2.26. The second-order valence-electron chi connectivity index (χ2n) is 4.57. The molecule has 1 rings (SSSR count). The third-order valence-corrected chi connectivity index (χ3v) is 2.33. The van der Waals surface area contributed by atoms with Crippen molar-refractivity contribution in [3.63, 3.8) is 0 Å². The predicted molar refractivity (Wildman–Crippen MR) is 104 cm³/mol. The van der Waals surface area contributed by atoms with Crippen molar-refractivity contribution < 1.29 is 23.1 Å². The molecule has 0 fully saturated rings. The first-order valence-corrected chi connectivity index (χ1v) is 8.81. The van der Waals surface area contributed by atoms with Gasteiger partial charge in [0.05, 0.1) is 0 Å². The molecule has 1 aromatic carbocycles. The average molecular weight is 383 g/mol. The van der Waals surface area contributed by atoms with Crippen LogP contribution in [-0.4, -0.2) is 37.9 Å². The Labute approximate surface area is 157 Å². The molecule has 0 heterocycles. The van der Waals surface area contributed by atoms with Crippen molar-refractivity contribution in [2.75, 3.05) is 26.9 Å². The van der Waals surface area contributed by atoms with Crippen molar-refractivity contribution in [3.05, 3.63) is 35.4 Å². The lowest BCUT2D eigenvalue weighted by Gasteiger charge is -1.98. The highest BCUT2D eigenvalue weighted by atomic mass is 19.1. The van der Waals surface area contributed by atoms with E-state index in [2.05, 4.69) is 19.2 Å². The van der Waals surface area contributed by atoms with E-state index in [-0.39, 0.29) is 0 Å². The van der Waals surface area contributed by atoms with Crippen LogP contribution in [0.5, 0.6) is 0 Å². The van der Waals surface area contributed by atoms with Crippen LogP contribution in [0.3, 0.4) is 0 Å². The van der Waals surface area contributed by atoms with Crippen molar-refractivity contribution in [1.82, 2.24) is 5.32 Å². The molecule has 0 aliphatic carbocycles. The van der Waals surface area contributed by atoms with Gasteiger partial charge in [-0.1, -0.05) is 40.5 Å². The topological polar surface area (TPSA) is 75.3 Å². The van der Waals surface area contributed by atoms with Gasteiger partial charge in [0.1, 0.15) is 11.6 Å². The third kappa shape index (κ3) is 30.3. The van der Waals surface area contributed by atoms with Crippen molar-refractivity contribution in [3.8, 4) is 0 Å². The molecular weight excluding hydrogens is 345 g/mol. The summed E-state index contributed by atoms with van der Waals surface area (Å²) in [5, 5.41) is 9.34. The molecule has 0 saturated heterocycles. The van der Waals surface area contributed by atoms with Crippen molar-refractivity contribution in [2.45, 2.75) is 53.9 Å². The van der Waals surface area contributed by atoms with E-state index in [4.69, 9.17) is 10.8 Å². The van der Waals surface area contributed by atoms with Crippen LogP contribution < -0.4 is 11.1 Å². The Bertz CT molecular complexity index is 354. The van der Waals surface area contributed by atoms with Crippen LogP contribution in [0.2, 0.25) is 0 Å². The van der Waals surface area contributed by atoms with E-state index in [0.717, 1.165) is 13.2 Å². The molecule has 0 spiro atoms. The van der Waals surface area contributed by atoms with Gasteiger partial charge in [-0.05, 0) is 37.6 Å². The molecule has 0 unspecified atom stereocenters. The summed E-state index contributed by atoms with van der Waals surface area (Å²) in [4.78, 5) is 10.2. The first-order valence-electron chi connectivity index (χ1n) is 8.81. The van der Waals surface area contributed by atoms with E-state index in [1.165, 1.54) is 25.0 Å². The number of hydrogen-bond donors (Lipinski definition) is 3. The minimum absolute atomic E-state index is 0.471. The molecule has 156 valence electrons. The highest BCUT2D eigenvalue weighted by Gasteiger charge is 1.95. The Hall–Kier alpha value is -1.60. The van der Waals surface area contributed by atoms with Crippen LogP contribution in [0.25, 0.3) is 0 Å². The second-order valence-corrected chi connectivity index (χ2v) is 4.57. The van der Waals surface area contributed by atoms with Gasteiger partial charge < -0.3 is 16.2 Å². The molecule has 4 nitrogen and oxygen atoms in total. The zero-order chi connectivity index (χ0) is 21.4. The standard InChI is InChI=1S/C7H6F2.C5H11FN2O.C4H10.C2H6.CH4O/c1-5-2-6(8)4-7(9)3-5;6-4-5(9)8-3-1-2-7;1-3-4-2;2*1-2/h2-4H,1H3;1-4,7H2,(H,8,9);3-4H2,1-2H3;1-2H3;2H,1H3. The largest absolute Gasteiger partial charge is 0.400 e. The SMILES string of the molecule is CC.CCCC.CO.Cc1cc(F)cc(F)c1.NCCCNC(=O)CF. The fraction of sp³-hybridized carbons (Fsp3) is 0.632. The minimum Gasteiger partial charge on any atom is -0.400 e. The van der Waals surface area contributed by atoms with Crippen LogP contribution >= 0.6 is 0 Å². The maximum Gasteiger partial charge on any atom is 0.251 e. The van der Waals surface area contributed by atoms with Gasteiger partial charge in [0.2, 0.25) is 0 Å². The van der Waals surface area contributed by atoms with Gasteiger partial charge in [-0.3, -0.25) is 4.79 Å². The number of rotatable bonds is 5. The summed E-state index contributed by atoms with van der Waals surface area (Å²) in [6.07, 6.45) is 3.34. The summed E-state index contributed by atoms with van der Waals surface area (Å²) in [5.41, 5.74) is 5.72. The van der Waals surface area contributed by atoms with E-state index in [1.807, 2.05) is 13.8 Å². The predicted octanol–water partition coefficient (Wildman–Crippen LogP) is 4.14. The van der Waals surface area contributed by atoms with E-state index in [1.54, 1.807) is 6.92 Å². The van der Waals surface area contributed by atoms with Crippen LogP contribution in [-0.2, 0) is 4.79 Å². The van der Waals surface area contributed by atoms with Crippen molar-refractivity contribution >= 4 is 5.91 Å². The average Bonchev–Trinajstić information content (AvgIpc) is 2.64. The smallest absolute Gasteiger partial charge is 0.251 e. The van der Waals surface area contributed by atoms with Crippen LogP contribution in [0, 0.1) is 18.6 Å². The summed E-state index contributed by atoms with van der Waals surface area (Å²) in [6.45, 7) is 10.1. The highest BCUT2D eigenvalue weighted by Crippen LogP contribution is 2.05. The van der Waals surface area contributed by atoms with Gasteiger partial charge in [-0.2, -0.15) is 0 Å². The number of aliphatic hydroxyl groups is 1. The summed E-state index contributed by atoms with van der Waals surface area (Å²) in [6, 6.07) is 3.42.